The molecule has 0 N–H and O–H groups in total. The molecule has 0 saturated carbocycles. The molecule has 1 aromatic heterocycles. The predicted octanol–water partition coefficient (Wildman–Crippen LogP) is 1.87. The molecule has 30 heavy (non-hydrogen) atoms. The Labute approximate surface area is 177 Å². The minimum Gasteiger partial charge on any atom is -0.484 e. The molecule has 1 spiro atoms. The maximum absolute atomic E-state index is 13.2. The van der Waals surface area contributed by atoms with Crippen LogP contribution in [-0.4, -0.2) is 64.8 Å². The molecule has 9 heteroatoms. The van der Waals surface area contributed by atoms with Crippen molar-refractivity contribution in [1.29, 1.82) is 0 Å². The third kappa shape index (κ3) is 3.83. The molecule has 2 aliphatic heterocycles. The van der Waals surface area contributed by atoms with Crippen molar-refractivity contribution >= 4 is 15.9 Å². The molecule has 2 aromatic rings. The zero-order valence-electron chi connectivity index (χ0n) is 17.9. The number of sulfonamides is 1. The summed E-state index contributed by atoms with van der Waals surface area (Å²) in [6.07, 6.45) is 4.24. The molecule has 0 aliphatic carbocycles. The molecular weight excluding hydrogens is 404 g/mol. The van der Waals surface area contributed by atoms with Gasteiger partial charge in [0.15, 0.2) is 0 Å². The van der Waals surface area contributed by atoms with E-state index >= 15 is 0 Å². The smallest absolute Gasteiger partial charge is 0.257 e. The lowest BCUT2D eigenvalue weighted by Gasteiger charge is -2.43. The predicted molar refractivity (Wildman–Crippen MR) is 113 cm³/mol. The lowest BCUT2D eigenvalue weighted by molar-refractivity contribution is -0.0106. The van der Waals surface area contributed by atoms with E-state index in [0.717, 1.165) is 23.2 Å². The Kier molecular flexibility index (Phi) is 5.14. The highest BCUT2D eigenvalue weighted by molar-refractivity contribution is 7.88. The fraction of sp³-hybridized carbons (Fsp3) is 0.524. The lowest BCUT2D eigenvalue weighted by atomic mass is 9.91. The quantitative estimate of drug-likeness (QED) is 0.723. The van der Waals surface area contributed by atoms with Gasteiger partial charge in [-0.25, -0.2) is 8.42 Å². The van der Waals surface area contributed by atoms with Crippen LogP contribution < -0.4 is 4.74 Å². The number of aromatic nitrogens is 2. The molecule has 8 nitrogen and oxygen atoms in total. The van der Waals surface area contributed by atoms with Crippen molar-refractivity contribution < 1.29 is 17.9 Å². The zero-order chi connectivity index (χ0) is 21.7. The van der Waals surface area contributed by atoms with Crippen molar-refractivity contribution in [2.45, 2.75) is 38.8 Å². The molecule has 162 valence electrons. The number of hydrogen-bond donors (Lipinski definition) is 0. The van der Waals surface area contributed by atoms with Gasteiger partial charge in [0.25, 0.3) is 5.91 Å². The number of hydrogen-bond acceptors (Lipinski definition) is 5. The topological polar surface area (TPSA) is 84.7 Å². The Morgan fingerprint density at radius 1 is 1.23 bits per heavy atom. The first-order valence-electron chi connectivity index (χ1n) is 10.1. The molecule has 1 saturated heterocycles. The summed E-state index contributed by atoms with van der Waals surface area (Å²) < 4.78 is 34.7. The Morgan fingerprint density at radius 3 is 2.67 bits per heavy atom. The lowest BCUT2D eigenvalue weighted by Crippen LogP contribution is -2.58. The molecule has 1 aromatic carbocycles. The average Bonchev–Trinajstić information content (AvgIpc) is 2.92. The normalized spacial score (nSPS) is 22.5. The molecule has 2 aliphatic rings. The van der Waals surface area contributed by atoms with E-state index in [1.165, 1.54) is 10.6 Å². The Hall–Kier alpha value is -2.39. The molecule has 1 amide bonds. The van der Waals surface area contributed by atoms with Crippen molar-refractivity contribution in [3.05, 3.63) is 46.8 Å². The van der Waals surface area contributed by atoms with Crippen LogP contribution >= 0.6 is 0 Å². The first kappa shape index (κ1) is 20.9. The first-order chi connectivity index (χ1) is 14.1. The third-order valence-corrected chi connectivity index (χ3v) is 7.31. The van der Waals surface area contributed by atoms with Crippen molar-refractivity contribution in [3.8, 4) is 5.75 Å². The van der Waals surface area contributed by atoms with Crippen molar-refractivity contribution in [1.82, 2.24) is 19.0 Å². The van der Waals surface area contributed by atoms with Crippen molar-refractivity contribution in [3.63, 3.8) is 0 Å². The van der Waals surface area contributed by atoms with Crippen molar-refractivity contribution in [2.24, 2.45) is 7.05 Å². The zero-order valence-corrected chi connectivity index (χ0v) is 18.7. The van der Waals surface area contributed by atoms with Gasteiger partial charge in [0, 0.05) is 31.4 Å². The second kappa shape index (κ2) is 7.39. The number of fused-ring (bicyclic) bond motifs is 1. The number of aryl methyl sites for hydroxylation is 2. The Bertz CT molecular complexity index is 1090. The van der Waals surface area contributed by atoms with E-state index in [2.05, 4.69) is 5.10 Å². The second-order valence-corrected chi connectivity index (χ2v) is 10.5. The van der Waals surface area contributed by atoms with Crippen LogP contribution in [0.15, 0.2) is 24.4 Å². The standard InChI is InChI=1S/C21H28N4O4S/c1-15-6-7-19-17(10-15)12-25(30(4,27)28)14-21(29-19)8-5-9-24(13-21)20(26)18-11-22-23(3)16(18)2/h6-7,10-11H,5,8-9,12-14H2,1-4H3. The maximum atomic E-state index is 13.2. The van der Waals surface area contributed by atoms with E-state index in [9.17, 15) is 13.2 Å². The van der Waals surface area contributed by atoms with Crippen LogP contribution in [0.25, 0.3) is 0 Å². The number of ether oxygens (including phenoxy) is 1. The molecule has 1 atom stereocenters. The molecule has 3 heterocycles. The highest BCUT2D eigenvalue weighted by Gasteiger charge is 2.45. The summed E-state index contributed by atoms with van der Waals surface area (Å²) in [6, 6.07) is 5.84. The maximum Gasteiger partial charge on any atom is 0.257 e. The van der Waals surface area contributed by atoms with E-state index in [4.69, 9.17) is 4.74 Å². The highest BCUT2D eigenvalue weighted by atomic mass is 32.2. The van der Waals surface area contributed by atoms with Gasteiger partial charge in [0.2, 0.25) is 10.0 Å². The molecule has 4 rings (SSSR count). The van der Waals surface area contributed by atoms with Crippen LogP contribution in [0.1, 0.15) is 40.0 Å². The number of rotatable bonds is 2. The van der Waals surface area contributed by atoms with E-state index in [1.807, 2.05) is 32.0 Å². The largest absolute Gasteiger partial charge is 0.484 e. The number of carbonyl (C=O) groups excluding carboxylic acids is 1. The van der Waals surface area contributed by atoms with Gasteiger partial charge in [-0.3, -0.25) is 9.48 Å². The van der Waals surface area contributed by atoms with Crippen LogP contribution in [0.2, 0.25) is 0 Å². The summed E-state index contributed by atoms with van der Waals surface area (Å²) in [5.74, 6) is 0.598. The summed E-state index contributed by atoms with van der Waals surface area (Å²) in [4.78, 5) is 15.0. The number of carbonyl (C=O) groups is 1. The molecule has 1 fully saturated rings. The van der Waals surface area contributed by atoms with Gasteiger partial charge in [-0.15, -0.1) is 0 Å². The molecule has 1 unspecified atom stereocenters. The molecule has 0 bridgehead atoms. The van der Waals surface area contributed by atoms with Crippen LogP contribution in [0.3, 0.4) is 0 Å². The first-order valence-corrected chi connectivity index (χ1v) is 11.9. The van der Waals surface area contributed by atoms with Gasteiger partial charge >= 0.3 is 0 Å². The summed E-state index contributed by atoms with van der Waals surface area (Å²) in [5, 5.41) is 4.18. The number of piperidine rings is 1. The Balaban J connectivity index is 1.69. The van der Waals surface area contributed by atoms with E-state index in [0.29, 0.717) is 30.8 Å². The fourth-order valence-electron chi connectivity index (χ4n) is 4.36. The third-order valence-electron chi connectivity index (χ3n) is 6.11. The summed E-state index contributed by atoms with van der Waals surface area (Å²) >= 11 is 0. The summed E-state index contributed by atoms with van der Waals surface area (Å²) in [7, 11) is -1.63. The SMILES string of the molecule is Cc1ccc2c(c1)CN(S(C)(=O)=O)CC1(CCCN(C(=O)c3cnn(C)c3C)C1)O2. The van der Waals surface area contributed by atoms with Crippen LogP contribution in [0.5, 0.6) is 5.75 Å². The summed E-state index contributed by atoms with van der Waals surface area (Å²) in [5.41, 5.74) is 2.49. The van der Waals surface area contributed by atoms with Crippen LogP contribution in [-0.2, 0) is 23.6 Å². The minimum absolute atomic E-state index is 0.0949. The second-order valence-electron chi connectivity index (χ2n) is 8.52. The van der Waals surface area contributed by atoms with Gasteiger partial charge in [-0.1, -0.05) is 17.7 Å². The molecule has 0 radical (unpaired) electrons. The van der Waals surface area contributed by atoms with Gasteiger partial charge in [-0.05, 0) is 32.8 Å². The number of nitrogens with zero attached hydrogens (tertiary/aromatic N) is 4. The number of benzene rings is 1. The van der Waals surface area contributed by atoms with Gasteiger partial charge in [-0.2, -0.15) is 9.40 Å². The highest BCUT2D eigenvalue weighted by Crippen LogP contribution is 2.36. The Morgan fingerprint density at radius 2 is 2.00 bits per heavy atom. The van der Waals surface area contributed by atoms with Gasteiger partial charge in [0.05, 0.1) is 31.1 Å². The summed E-state index contributed by atoms with van der Waals surface area (Å²) in [6.45, 7) is 5.27. The minimum atomic E-state index is -3.44. The van der Waals surface area contributed by atoms with Gasteiger partial charge < -0.3 is 9.64 Å². The number of amides is 1. The monoisotopic (exact) mass is 432 g/mol. The average molecular weight is 433 g/mol. The van der Waals surface area contributed by atoms with E-state index in [1.54, 1.807) is 22.8 Å². The van der Waals surface area contributed by atoms with Crippen molar-refractivity contribution in [2.75, 3.05) is 25.9 Å². The van der Waals surface area contributed by atoms with Gasteiger partial charge in [0.1, 0.15) is 11.4 Å². The van der Waals surface area contributed by atoms with Crippen LogP contribution in [0.4, 0.5) is 0 Å². The molecular formula is C21H28N4O4S. The fourth-order valence-corrected chi connectivity index (χ4v) is 5.20. The van der Waals surface area contributed by atoms with E-state index in [-0.39, 0.29) is 19.0 Å². The van der Waals surface area contributed by atoms with E-state index < -0.39 is 15.6 Å². The van der Waals surface area contributed by atoms with Crippen LogP contribution in [0, 0.1) is 13.8 Å². The number of likely N-dealkylation sites (tertiary alicyclic amines) is 1.